The normalized spacial score (nSPS) is 17.3. The molecule has 25 heavy (non-hydrogen) atoms. The van der Waals surface area contributed by atoms with Crippen molar-refractivity contribution in [2.24, 2.45) is 0 Å². The van der Waals surface area contributed by atoms with E-state index in [0.717, 1.165) is 23.5 Å². The van der Waals surface area contributed by atoms with Crippen LogP contribution in [0, 0.1) is 13.8 Å². The van der Waals surface area contributed by atoms with Crippen LogP contribution in [0.25, 0.3) is 5.65 Å². The molecule has 1 amide bonds. The van der Waals surface area contributed by atoms with Crippen molar-refractivity contribution in [3.63, 3.8) is 0 Å². The Bertz CT molecular complexity index is 1010. The van der Waals surface area contributed by atoms with E-state index in [9.17, 15) is 9.59 Å². The van der Waals surface area contributed by atoms with Gasteiger partial charge in [-0.3, -0.25) is 13.8 Å². The number of nitrogens with one attached hydrogen (secondary N) is 2. The standard InChI is InChI=1S/C17H20N6O2/c1-10-5-7-22-14(9-10)18-11(2)15(22)16(24)19-12-3-4-13-20-21-17(25)23(13)8-6-12/h5,7,9,12H,3-4,6,8H2,1-2H3,(H,19,24)(H,21,25). The highest BCUT2D eigenvalue weighted by Crippen LogP contribution is 2.16. The van der Waals surface area contributed by atoms with Gasteiger partial charge in [0.15, 0.2) is 0 Å². The highest BCUT2D eigenvalue weighted by molar-refractivity contribution is 5.94. The molecule has 130 valence electrons. The summed E-state index contributed by atoms with van der Waals surface area (Å²) in [5.41, 5.74) is 2.97. The Morgan fingerprint density at radius 1 is 1.36 bits per heavy atom. The van der Waals surface area contributed by atoms with Crippen LogP contribution in [0.1, 0.15) is 40.4 Å². The fourth-order valence-electron chi connectivity index (χ4n) is 3.44. The topological polar surface area (TPSA) is 97.1 Å². The number of imidazole rings is 1. The molecule has 0 aromatic carbocycles. The monoisotopic (exact) mass is 340 g/mol. The minimum absolute atomic E-state index is 0.00370. The molecule has 1 unspecified atom stereocenters. The summed E-state index contributed by atoms with van der Waals surface area (Å²) >= 11 is 0. The van der Waals surface area contributed by atoms with Crippen LogP contribution in [0.3, 0.4) is 0 Å². The smallest absolute Gasteiger partial charge is 0.343 e. The Morgan fingerprint density at radius 2 is 2.20 bits per heavy atom. The first-order chi connectivity index (χ1) is 12.0. The third kappa shape index (κ3) is 2.73. The van der Waals surface area contributed by atoms with E-state index >= 15 is 0 Å². The number of H-pyrrole nitrogens is 1. The summed E-state index contributed by atoms with van der Waals surface area (Å²) in [5, 5.41) is 9.62. The quantitative estimate of drug-likeness (QED) is 0.726. The van der Waals surface area contributed by atoms with Crippen LogP contribution in [-0.2, 0) is 13.0 Å². The van der Waals surface area contributed by atoms with E-state index in [0.29, 0.717) is 30.8 Å². The third-order valence-electron chi connectivity index (χ3n) is 4.76. The fourth-order valence-corrected chi connectivity index (χ4v) is 3.44. The maximum Gasteiger partial charge on any atom is 0.343 e. The second-order valence-corrected chi connectivity index (χ2v) is 6.57. The van der Waals surface area contributed by atoms with Crippen molar-refractivity contribution in [2.75, 3.05) is 0 Å². The van der Waals surface area contributed by atoms with E-state index in [1.165, 1.54) is 0 Å². The summed E-state index contributed by atoms with van der Waals surface area (Å²) < 4.78 is 3.47. The van der Waals surface area contributed by atoms with E-state index in [-0.39, 0.29) is 17.6 Å². The zero-order valence-corrected chi connectivity index (χ0v) is 14.2. The number of aryl methyl sites for hydroxylation is 3. The van der Waals surface area contributed by atoms with Crippen molar-refractivity contribution < 1.29 is 4.79 Å². The van der Waals surface area contributed by atoms with Gasteiger partial charge in [-0.2, -0.15) is 5.10 Å². The molecule has 2 N–H and O–H groups in total. The van der Waals surface area contributed by atoms with Gasteiger partial charge in [0.1, 0.15) is 17.2 Å². The van der Waals surface area contributed by atoms with Gasteiger partial charge in [-0.1, -0.05) is 0 Å². The van der Waals surface area contributed by atoms with Gasteiger partial charge in [0.25, 0.3) is 5.91 Å². The molecule has 3 aromatic heterocycles. The Morgan fingerprint density at radius 3 is 3.04 bits per heavy atom. The molecular weight excluding hydrogens is 320 g/mol. The molecule has 1 aliphatic heterocycles. The molecule has 0 spiro atoms. The van der Waals surface area contributed by atoms with Crippen LogP contribution < -0.4 is 11.0 Å². The van der Waals surface area contributed by atoms with Crippen LogP contribution in [-0.4, -0.2) is 36.1 Å². The molecule has 0 saturated carbocycles. The summed E-state index contributed by atoms with van der Waals surface area (Å²) in [7, 11) is 0. The third-order valence-corrected chi connectivity index (χ3v) is 4.76. The number of hydrogen-bond acceptors (Lipinski definition) is 4. The van der Waals surface area contributed by atoms with Crippen molar-refractivity contribution in [2.45, 2.75) is 45.7 Å². The second-order valence-electron chi connectivity index (χ2n) is 6.57. The molecule has 4 heterocycles. The first-order valence-electron chi connectivity index (χ1n) is 8.43. The van der Waals surface area contributed by atoms with Crippen LogP contribution >= 0.6 is 0 Å². The summed E-state index contributed by atoms with van der Waals surface area (Å²) in [6.07, 6.45) is 3.99. The number of carbonyl (C=O) groups is 1. The van der Waals surface area contributed by atoms with Crippen LogP contribution in [0.15, 0.2) is 23.1 Å². The van der Waals surface area contributed by atoms with Crippen molar-refractivity contribution in [1.29, 1.82) is 0 Å². The Hall–Kier alpha value is -2.90. The van der Waals surface area contributed by atoms with Crippen molar-refractivity contribution in [3.8, 4) is 0 Å². The molecule has 4 rings (SSSR count). The first kappa shape index (κ1) is 15.6. The predicted molar refractivity (Wildman–Crippen MR) is 91.7 cm³/mol. The Labute approximate surface area is 143 Å². The van der Waals surface area contributed by atoms with Crippen molar-refractivity contribution in [3.05, 3.63) is 51.6 Å². The highest BCUT2D eigenvalue weighted by Gasteiger charge is 2.23. The number of nitrogens with zero attached hydrogens (tertiary/aromatic N) is 4. The van der Waals surface area contributed by atoms with Gasteiger partial charge < -0.3 is 5.32 Å². The van der Waals surface area contributed by atoms with E-state index in [4.69, 9.17) is 0 Å². The number of rotatable bonds is 2. The summed E-state index contributed by atoms with van der Waals surface area (Å²) in [4.78, 5) is 29.0. The Kier molecular flexibility index (Phi) is 3.67. The summed E-state index contributed by atoms with van der Waals surface area (Å²) in [6, 6.07) is 3.92. The summed E-state index contributed by atoms with van der Waals surface area (Å²) in [5.74, 6) is 0.621. The maximum absolute atomic E-state index is 12.8. The fraction of sp³-hybridized carbons (Fsp3) is 0.412. The zero-order valence-electron chi connectivity index (χ0n) is 14.2. The number of aromatic amines is 1. The molecule has 0 saturated heterocycles. The van der Waals surface area contributed by atoms with E-state index in [2.05, 4.69) is 20.5 Å². The van der Waals surface area contributed by atoms with Gasteiger partial charge in [0.2, 0.25) is 0 Å². The van der Waals surface area contributed by atoms with E-state index in [1.807, 2.05) is 36.6 Å². The minimum Gasteiger partial charge on any atom is -0.348 e. The van der Waals surface area contributed by atoms with Crippen molar-refractivity contribution in [1.82, 2.24) is 29.5 Å². The zero-order chi connectivity index (χ0) is 17.6. The lowest BCUT2D eigenvalue weighted by Gasteiger charge is -2.16. The number of fused-ring (bicyclic) bond motifs is 2. The lowest BCUT2D eigenvalue weighted by atomic mass is 10.1. The van der Waals surface area contributed by atoms with Crippen LogP contribution in [0.2, 0.25) is 0 Å². The molecule has 0 radical (unpaired) electrons. The predicted octanol–water partition coefficient (Wildman–Crippen LogP) is 0.971. The second kappa shape index (κ2) is 5.87. The lowest BCUT2D eigenvalue weighted by Crippen LogP contribution is -2.36. The van der Waals surface area contributed by atoms with Gasteiger partial charge in [0, 0.05) is 25.2 Å². The van der Waals surface area contributed by atoms with Crippen LogP contribution in [0.4, 0.5) is 0 Å². The first-order valence-corrected chi connectivity index (χ1v) is 8.43. The molecule has 8 heteroatoms. The average Bonchev–Trinajstić information content (AvgIpc) is 3.00. The number of pyridine rings is 1. The number of hydrogen-bond donors (Lipinski definition) is 2. The van der Waals surface area contributed by atoms with Gasteiger partial charge in [-0.05, 0) is 44.4 Å². The number of carbonyl (C=O) groups excluding carboxylic acids is 1. The van der Waals surface area contributed by atoms with Gasteiger partial charge in [-0.15, -0.1) is 0 Å². The lowest BCUT2D eigenvalue weighted by molar-refractivity contribution is 0.0926. The molecule has 8 nitrogen and oxygen atoms in total. The van der Waals surface area contributed by atoms with Gasteiger partial charge >= 0.3 is 5.69 Å². The molecule has 3 aromatic rings. The van der Waals surface area contributed by atoms with E-state index in [1.54, 1.807) is 4.57 Å². The minimum atomic E-state index is -0.185. The number of aromatic nitrogens is 5. The van der Waals surface area contributed by atoms with Gasteiger partial charge in [0.05, 0.1) is 5.69 Å². The molecule has 1 aliphatic rings. The van der Waals surface area contributed by atoms with Crippen LogP contribution in [0.5, 0.6) is 0 Å². The summed E-state index contributed by atoms with van der Waals surface area (Å²) in [6.45, 7) is 4.40. The van der Waals surface area contributed by atoms with Gasteiger partial charge in [-0.25, -0.2) is 14.9 Å². The number of amides is 1. The average molecular weight is 340 g/mol. The Balaban J connectivity index is 1.55. The largest absolute Gasteiger partial charge is 0.348 e. The van der Waals surface area contributed by atoms with Crippen molar-refractivity contribution >= 4 is 11.6 Å². The van der Waals surface area contributed by atoms with E-state index < -0.39 is 0 Å². The molecule has 0 fully saturated rings. The molecular formula is C17H20N6O2. The maximum atomic E-state index is 12.8. The molecule has 0 bridgehead atoms. The molecule has 0 aliphatic carbocycles. The highest BCUT2D eigenvalue weighted by atomic mass is 16.2. The molecule has 1 atom stereocenters. The SMILES string of the molecule is Cc1ccn2c(C(=O)NC3CCc4n[nH]c(=O)n4CC3)c(C)nc2c1.